The number of hydrogen-bond acceptors (Lipinski definition) is 8. The van der Waals surface area contributed by atoms with Gasteiger partial charge in [0.05, 0.1) is 12.6 Å². The second-order valence-electron chi connectivity index (χ2n) is 11.4. The molecule has 4 aliphatic heterocycles. The van der Waals surface area contributed by atoms with E-state index in [1.807, 2.05) is 0 Å². The third-order valence-electron chi connectivity index (χ3n) is 8.60. The molecule has 0 aromatic rings. The summed E-state index contributed by atoms with van der Waals surface area (Å²) in [7, 11) is 0. The van der Waals surface area contributed by atoms with Crippen LogP contribution in [-0.4, -0.2) is 124 Å². The maximum Gasteiger partial charge on any atom is 0.326 e. The number of carbonyl (C=O) groups excluding carboxylic acids is 6. The molecule has 0 aromatic carbocycles. The van der Waals surface area contributed by atoms with Crippen LogP contribution in [0.5, 0.6) is 0 Å². The Labute approximate surface area is 243 Å². The number of carbonyl (C=O) groups is 7. The van der Waals surface area contributed by atoms with Crippen molar-refractivity contribution in [3.05, 3.63) is 0 Å². The van der Waals surface area contributed by atoms with E-state index in [1.54, 1.807) is 0 Å². The first kappa shape index (κ1) is 31.2. The van der Waals surface area contributed by atoms with E-state index in [0.717, 1.165) is 13.0 Å². The highest BCUT2D eigenvalue weighted by molar-refractivity contribution is 5.96. The van der Waals surface area contributed by atoms with E-state index in [4.69, 9.17) is 5.73 Å². The minimum absolute atomic E-state index is 0.0934. The molecule has 0 spiro atoms. The SMILES string of the molecule is NC(=O)CCC(NC(=O)C1CCCN1C(=O)CNC(=O)C1CCCN1)C(=O)N1CCCC1C(=O)N1CCCC1C(=O)O. The Balaban J connectivity index is 1.40. The number of nitrogens with zero attached hydrogens (tertiary/aromatic N) is 3. The Morgan fingerprint density at radius 2 is 1.45 bits per heavy atom. The molecule has 232 valence electrons. The van der Waals surface area contributed by atoms with Crippen LogP contribution >= 0.6 is 0 Å². The molecule has 15 heteroatoms. The molecular weight excluding hydrogens is 550 g/mol. The molecule has 4 saturated heterocycles. The number of rotatable bonds is 11. The van der Waals surface area contributed by atoms with E-state index in [-0.39, 0.29) is 37.9 Å². The molecule has 5 unspecified atom stereocenters. The van der Waals surface area contributed by atoms with E-state index in [9.17, 15) is 38.7 Å². The Morgan fingerprint density at radius 3 is 2.10 bits per heavy atom. The average Bonchev–Trinajstić information content (AvgIpc) is 3.78. The van der Waals surface area contributed by atoms with E-state index >= 15 is 0 Å². The van der Waals surface area contributed by atoms with E-state index in [1.165, 1.54) is 14.7 Å². The third kappa shape index (κ3) is 7.17. The van der Waals surface area contributed by atoms with Gasteiger partial charge < -0.3 is 41.5 Å². The predicted molar refractivity (Wildman–Crippen MR) is 146 cm³/mol. The van der Waals surface area contributed by atoms with Crippen LogP contribution in [0.2, 0.25) is 0 Å². The maximum absolute atomic E-state index is 13.7. The molecule has 6 N–H and O–H groups in total. The van der Waals surface area contributed by atoms with E-state index in [0.29, 0.717) is 58.0 Å². The van der Waals surface area contributed by atoms with Gasteiger partial charge in [-0.1, -0.05) is 0 Å². The molecule has 4 rings (SSSR count). The molecule has 0 aromatic heterocycles. The summed E-state index contributed by atoms with van der Waals surface area (Å²) in [5.74, 6) is -4.00. The van der Waals surface area contributed by atoms with Crippen LogP contribution in [0.25, 0.3) is 0 Å². The van der Waals surface area contributed by atoms with Gasteiger partial charge >= 0.3 is 5.97 Å². The first-order valence-corrected chi connectivity index (χ1v) is 14.8. The highest BCUT2D eigenvalue weighted by Crippen LogP contribution is 2.26. The lowest BCUT2D eigenvalue weighted by molar-refractivity contribution is -0.152. The van der Waals surface area contributed by atoms with Gasteiger partial charge in [0.2, 0.25) is 35.4 Å². The zero-order valence-corrected chi connectivity index (χ0v) is 23.7. The summed E-state index contributed by atoms with van der Waals surface area (Å²) in [5.41, 5.74) is 5.33. The van der Waals surface area contributed by atoms with Gasteiger partial charge in [-0.25, -0.2) is 4.79 Å². The fraction of sp³-hybridized carbons (Fsp3) is 0.741. The summed E-state index contributed by atoms with van der Waals surface area (Å²) in [6, 6.07) is -4.18. The Bertz CT molecular complexity index is 1090. The summed E-state index contributed by atoms with van der Waals surface area (Å²) in [5, 5.41) is 17.9. The third-order valence-corrected chi connectivity index (χ3v) is 8.60. The highest BCUT2D eigenvalue weighted by atomic mass is 16.4. The topological polar surface area (TPSA) is 212 Å². The number of primary amides is 1. The lowest BCUT2D eigenvalue weighted by Crippen LogP contribution is -2.57. The summed E-state index contributed by atoms with van der Waals surface area (Å²) >= 11 is 0. The fourth-order valence-corrected chi connectivity index (χ4v) is 6.41. The summed E-state index contributed by atoms with van der Waals surface area (Å²) in [6.45, 7) is 1.34. The second-order valence-corrected chi connectivity index (χ2v) is 11.4. The maximum atomic E-state index is 13.7. The summed E-state index contributed by atoms with van der Waals surface area (Å²) in [6.07, 6.45) is 3.99. The van der Waals surface area contributed by atoms with Crippen molar-refractivity contribution in [3.63, 3.8) is 0 Å². The van der Waals surface area contributed by atoms with Crippen molar-refractivity contribution >= 4 is 41.4 Å². The van der Waals surface area contributed by atoms with Gasteiger partial charge in [-0.3, -0.25) is 28.8 Å². The van der Waals surface area contributed by atoms with E-state index in [2.05, 4.69) is 16.0 Å². The normalized spacial score (nSPS) is 26.2. The quantitative estimate of drug-likeness (QED) is 0.174. The zero-order valence-electron chi connectivity index (χ0n) is 23.7. The minimum atomic E-state index is -1.17. The van der Waals surface area contributed by atoms with Crippen LogP contribution in [0.1, 0.15) is 64.2 Å². The van der Waals surface area contributed by atoms with Crippen LogP contribution < -0.4 is 21.7 Å². The van der Waals surface area contributed by atoms with Gasteiger partial charge in [0.1, 0.15) is 24.2 Å². The van der Waals surface area contributed by atoms with Gasteiger partial charge in [-0.05, 0) is 64.3 Å². The number of carboxylic acid groups (broad SMARTS) is 1. The van der Waals surface area contributed by atoms with Gasteiger partial charge in [0.25, 0.3) is 0 Å². The van der Waals surface area contributed by atoms with Gasteiger partial charge in [0.15, 0.2) is 0 Å². The molecule has 0 radical (unpaired) electrons. The number of nitrogens with one attached hydrogen (secondary N) is 3. The minimum Gasteiger partial charge on any atom is -0.480 e. The van der Waals surface area contributed by atoms with Crippen LogP contribution in [0.4, 0.5) is 0 Å². The van der Waals surface area contributed by atoms with Crippen LogP contribution in [0, 0.1) is 0 Å². The van der Waals surface area contributed by atoms with Crippen molar-refractivity contribution in [1.82, 2.24) is 30.7 Å². The first-order chi connectivity index (χ1) is 20.1. The average molecular weight is 592 g/mol. The molecule has 4 heterocycles. The van der Waals surface area contributed by atoms with Crippen LogP contribution in [-0.2, 0) is 33.6 Å². The van der Waals surface area contributed by atoms with Gasteiger partial charge in [-0.15, -0.1) is 0 Å². The Hall–Kier alpha value is -3.75. The highest BCUT2D eigenvalue weighted by Gasteiger charge is 2.44. The monoisotopic (exact) mass is 591 g/mol. The molecule has 42 heavy (non-hydrogen) atoms. The fourth-order valence-electron chi connectivity index (χ4n) is 6.41. The first-order valence-electron chi connectivity index (χ1n) is 14.8. The Morgan fingerprint density at radius 1 is 0.810 bits per heavy atom. The van der Waals surface area contributed by atoms with Crippen molar-refractivity contribution in [3.8, 4) is 0 Å². The molecule has 4 fully saturated rings. The van der Waals surface area contributed by atoms with Crippen molar-refractivity contribution in [2.24, 2.45) is 5.73 Å². The Kier molecular flexibility index (Phi) is 10.4. The number of likely N-dealkylation sites (tertiary alicyclic amines) is 3. The largest absolute Gasteiger partial charge is 0.480 e. The van der Waals surface area contributed by atoms with E-state index < -0.39 is 59.7 Å². The molecule has 5 atom stereocenters. The van der Waals surface area contributed by atoms with Crippen molar-refractivity contribution in [2.45, 2.75) is 94.4 Å². The van der Waals surface area contributed by atoms with Crippen LogP contribution in [0.15, 0.2) is 0 Å². The molecule has 6 amide bonds. The van der Waals surface area contributed by atoms with Crippen molar-refractivity contribution in [1.29, 1.82) is 0 Å². The van der Waals surface area contributed by atoms with Crippen LogP contribution in [0.3, 0.4) is 0 Å². The van der Waals surface area contributed by atoms with Gasteiger partial charge in [0, 0.05) is 26.1 Å². The van der Waals surface area contributed by atoms with Crippen molar-refractivity contribution in [2.75, 3.05) is 32.7 Å². The molecule has 0 bridgehead atoms. The number of nitrogens with two attached hydrogens (primary N) is 1. The molecular formula is C27H41N7O8. The lowest BCUT2D eigenvalue weighted by atomic mass is 10.1. The molecule has 4 aliphatic rings. The number of amides is 6. The predicted octanol–water partition coefficient (Wildman–Crippen LogP) is -2.34. The molecule has 15 nitrogen and oxygen atoms in total. The smallest absolute Gasteiger partial charge is 0.326 e. The lowest BCUT2D eigenvalue weighted by Gasteiger charge is -2.33. The second kappa shape index (κ2) is 13.9. The zero-order chi connectivity index (χ0) is 30.4. The molecule has 0 saturated carbocycles. The van der Waals surface area contributed by atoms with Crippen molar-refractivity contribution < 1.29 is 38.7 Å². The van der Waals surface area contributed by atoms with Gasteiger partial charge in [-0.2, -0.15) is 0 Å². The number of hydrogen-bond donors (Lipinski definition) is 5. The summed E-state index contributed by atoms with van der Waals surface area (Å²) < 4.78 is 0. The number of carboxylic acids is 1. The summed E-state index contributed by atoms with van der Waals surface area (Å²) in [4.78, 5) is 92.9. The molecule has 0 aliphatic carbocycles. The standard InChI is InChI=1S/C27H41N7O8/c28-21(35)10-9-17(25(39)33-13-3-7-19(33)26(40)34-14-4-8-20(34)27(41)42)31-24(38)18-6-2-12-32(18)22(36)15-30-23(37)16-5-1-11-29-16/h16-20,29H,1-15H2,(H2,28,35)(H,30,37)(H,31,38)(H,41,42). The number of aliphatic carboxylic acids is 1.